The fourth-order valence-corrected chi connectivity index (χ4v) is 4.95. The van der Waals surface area contributed by atoms with E-state index in [9.17, 15) is 14.9 Å². The second-order valence-corrected chi connectivity index (χ2v) is 8.94. The highest BCUT2D eigenvalue weighted by atomic mass is 32.2. The van der Waals surface area contributed by atoms with Crippen molar-refractivity contribution in [3.63, 3.8) is 0 Å². The second kappa shape index (κ2) is 9.31. The average Bonchev–Trinajstić information content (AvgIpc) is 3.23. The summed E-state index contributed by atoms with van der Waals surface area (Å²) in [5.41, 5.74) is 2.47. The molecular weight excluding hydrogens is 438 g/mol. The number of benzene rings is 2. The van der Waals surface area contributed by atoms with Crippen LogP contribution >= 0.6 is 23.1 Å². The Balaban J connectivity index is 1.38. The number of aryl methyl sites for hydroxylation is 1. The number of anilines is 3. The highest BCUT2D eigenvalue weighted by molar-refractivity contribution is 8.01. The number of carbonyl (C=O) groups excluding carboxylic acids is 1. The van der Waals surface area contributed by atoms with E-state index >= 15 is 0 Å². The number of hydrogen-bond donors (Lipinski definition) is 1. The molecule has 31 heavy (non-hydrogen) atoms. The zero-order valence-corrected chi connectivity index (χ0v) is 18.2. The van der Waals surface area contributed by atoms with Crippen molar-refractivity contribution in [2.45, 2.75) is 17.2 Å². The van der Waals surface area contributed by atoms with Crippen molar-refractivity contribution in [3.05, 3.63) is 58.1 Å². The Hall–Kier alpha value is -3.18. The molecule has 160 valence electrons. The number of nitrogens with one attached hydrogen (secondary N) is 1. The van der Waals surface area contributed by atoms with E-state index in [-0.39, 0.29) is 17.3 Å². The van der Waals surface area contributed by atoms with Crippen molar-refractivity contribution in [1.29, 1.82) is 0 Å². The standard InChI is InChI=1S/C20H19N5O4S2/c1-29-16-6-2-5-14(11-16)21-19-22-23-20(31-19)30-12-18(26)24-9-3-4-13-10-15(25(27)28)7-8-17(13)24/h2,5-8,10-11H,3-4,9,12H2,1H3,(H,21,22). The van der Waals surface area contributed by atoms with E-state index in [0.29, 0.717) is 16.0 Å². The van der Waals surface area contributed by atoms with Crippen molar-refractivity contribution >= 4 is 51.2 Å². The van der Waals surface area contributed by atoms with Gasteiger partial charge in [0.2, 0.25) is 11.0 Å². The zero-order valence-electron chi connectivity index (χ0n) is 16.6. The van der Waals surface area contributed by atoms with Crippen molar-refractivity contribution in [2.75, 3.05) is 29.6 Å². The van der Waals surface area contributed by atoms with Gasteiger partial charge >= 0.3 is 0 Å². The van der Waals surface area contributed by atoms with E-state index < -0.39 is 4.92 Å². The quantitative estimate of drug-likeness (QED) is 0.318. The highest BCUT2D eigenvalue weighted by Gasteiger charge is 2.24. The normalized spacial score (nSPS) is 12.9. The summed E-state index contributed by atoms with van der Waals surface area (Å²) in [4.78, 5) is 25.1. The lowest BCUT2D eigenvalue weighted by atomic mass is 10.0. The molecule has 1 aliphatic heterocycles. The Kier molecular flexibility index (Phi) is 6.33. The third-order valence-corrected chi connectivity index (χ3v) is 6.70. The van der Waals surface area contributed by atoms with E-state index in [1.54, 1.807) is 24.1 Å². The Morgan fingerprint density at radius 2 is 2.19 bits per heavy atom. The summed E-state index contributed by atoms with van der Waals surface area (Å²) < 4.78 is 5.89. The van der Waals surface area contributed by atoms with Crippen LogP contribution in [0.25, 0.3) is 0 Å². The van der Waals surface area contributed by atoms with Crippen LogP contribution in [0.1, 0.15) is 12.0 Å². The van der Waals surface area contributed by atoms with Crippen molar-refractivity contribution < 1.29 is 14.5 Å². The minimum atomic E-state index is -0.413. The smallest absolute Gasteiger partial charge is 0.269 e. The summed E-state index contributed by atoms with van der Waals surface area (Å²) in [6.45, 7) is 0.600. The molecule has 0 spiro atoms. The number of nitro groups is 1. The van der Waals surface area contributed by atoms with Gasteiger partial charge in [-0.2, -0.15) is 0 Å². The zero-order chi connectivity index (χ0) is 21.8. The van der Waals surface area contributed by atoms with E-state index in [2.05, 4.69) is 15.5 Å². The van der Waals surface area contributed by atoms with Crippen molar-refractivity contribution in [1.82, 2.24) is 10.2 Å². The molecule has 0 saturated carbocycles. The molecule has 0 fully saturated rings. The van der Waals surface area contributed by atoms with Gasteiger partial charge in [0.15, 0.2) is 4.34 Å². The first-order valence-corrected chi connectivity index (χ1v) is 11.3. The Morgan fingerprint density at radius 1 is 1.32 bits per heavy atom. The van der Waals surface area contributed by atoms with Gasteiger partial charge in [0.1, 0.15) is 5.75 Å². The molecule has 1 N–H and O–H groups in total. The summed E-state index contributed by atoms with van der Waals surface area (Å²) in [6, 6.07) is 12.2. The largest absolute Gasteiger partial charge is 0.497 e. The van der Waals surface area contributed by atoms with Crippen LogP contribution in [-0.4, -0.2) is 40.4 Å². The molecule has 4 rings (SSSR count). The number of nitrogens with zero attached hydrogens (tertiary/aromatic N) is 4. The maximum absolute atomic E-state index is 12.8. The van der Waals surface area contributed by atoms with Crippen LogP contribution in [0.2, 0.25) is 0 Å². The predicted octanol–water partition coefficient (Wildman–Crippen LogP) is 4.27. The molecule has 3 aromatic rings. The molecule has 1 amide bonds. The third kappa shape index (κ3) is 4.94. The SMILES string of the molecule is COc1cccc(Nc2nnc(SCC(=O)N3CCCc4cc([N+](=O)[O-])ccc43)s2)c1. The van der Waals surface area contributed by atoms with Gasteiger partial charge in [-0.3, -0.25) is 14.9 Å². The first-order valence-electron chi connectivity index (χ1n) is 9.48. The number of aromatic nitrogens is 2. The Morgan fingerprint density at radius 3 is 3.00 bits per heavy atom. The lowest BCUT2D eigenvalue weighted by Crippen LogP contribution is -2.36. The number of non-ortho nitro benzene ring substituents is 1. The number of nitro benzene ring substituents is 1. The fourth-order valence-electron chi connectivity index (χ4n) is 3.30. The van der Waals surface area contributed by atoms with E-state index in [1.165, 1.54) is 29.2 Å². The van der Waals surface area contributed by atoms with Gasteiger partial charge in [0.25, 0.3) is 5.69 Å². The number of fused-ring (bicyclic) bond motifs is 1. The van der Waals surface area contributed by atoms with Crippen LogP contribution in [0.15, 0.2) is 46.8 Å². The van der Waals surface area contributed by atoms with Gasteiger partial charge in [-0.15, -0.1) is 10.2 Å². The van der Waals surface area contributed by atoms with Crippen LogP contribution in [0.4, 0.5) is 22.2 Å². The van der Waals surface area contributed by atoms with E-state index in [1.807, 2.05) is 24.3 Å². The molecule has 2 heterocycles. The van der Waals surface area contributed by atoms with Crippen LogP contribution in [0, 0.1) is 10.1 Å². The van der Waals surface area contributed by atoms with Crippen molar-refractivity contribution in [3.8, 4) is 5.75 Å². The van der Waals surface area contributed by atoms with Crippen LogP contribution in [0.3, 0.4) is 0 Å². The number of rotatable bonds is 7. The molecule has 1 aromatic heterocycles. The maximum Gasteiger partial charge on any atom is 0.269 e. The minimum Gasteiger partial charge on any atom is -0.497 e. The third-order valence-electron chi connectivity index (χ3n) is 4.74. The van der Waals surface area contributed by atoms with Gasteiger partial charge < -0.3 is 15.0 Å². The number of carbonyl (C=O) groups is 1. The van der Waals surface area contributed by atoms with Gasteiger partial charge in [0, 0.05) is 36.1 Å². The minimum absolute atomic E-state index is 0.0485. The molecule has 1 aliphatic rings. The molecule has 0 saturated heterocycles. The summed E-state index contributed by atoms with van der Waals surface area (Å²) in [7, 11) is 1.61. The first-order chi connectivity index (χ1) is 15.0. The van der Waals surface area contributed by atoms with Crippen molar-refractivity contribution in [2.24, 2.45) is 0 Å². The monoisotopic (exact) mass is 457 g/mol. The summed E-state index contributed by atoms with van der Waals surface area (Å²) in [6.07, 6.45) is 1.50. The Labute approximate surface area is 186 Å². The Bertz CT molecular complexity index is 1120. The van der Waals surface area contributed by atoms with E-state index in [0.717, 1.165) is 35.5 Å². The molecular formula is C20H19N5O4S2. The second-order valence-electron chi connectivity index (χ2n) is 6.74. The molecule has 0 unspecified atom stereocenters. The van der Waals surface area contributed by atoms with Crippen LogP contribution in [0.5, 0.6) is 5.75 Å². The van der Waals surface area contributed by atoms with Crippen LogP contribution < -0.4 is 15.0 Å². The number of thioether (sulfide) groups is 1. The molecule has 2 aromatic carbocycles. The van der Waals surface area contributed by atoms with Gasteiger partial charge in [-0.1, -0.05) is 29.2 Å². The topological polar surface area (TPSA) is 110 Å². The number of methoxy groups -OCH3 is 1. The summed E-state index contributed by atoms with van der Waals surface area (Å²) in [5, 5.41) is 23.1. The summed E-state index contributed by atoms with van der Waals surface area (Å²) >= 11 is 2.69. The number of hydrogen-bond acceptors (Lipinski definition) is 9. The lowest BCUT2D eigenvalue weighted by molar-refractivity contribution is -0.384. The van der Waals surface area contributed by atoms with Gasteiger partial charge in [0.05, 0.1) is 17.8 Å². The molecule has 9 nitrogen and oxygen atoms in total. The molecule has 0 atom stereocenters. The fraction of sp³-hybridized carbons (Fsp3) is 0.250. The average molecular weight is 458 g/mol. The number of ether oxygens (including phenoxy) is 1. The lowest BCUT2D eigenvalue weighted by Gasteiger charge is -2.29. The predicted molar refractivity (Wildman–Crippen MR) is 121 cm³/mol. The van der Waals surface area contributed by atoms with E-state index in [4.69, 9.17) is 4.74 Å². The molecule has 0 radical (unpaired) electrons. The number of amides is 1. The molecule has 0 bridgehead atoms. The van der Waals surface area contributed by atoms with Gasteiger partial charge in [-0.25, -0.2) is 0 Å². The first kappa shape index (κ1) is 21.1. The molecule has 11 heteroatoms. The highest BCUT2D eigenvalue weighted by Crippen LogP contribution is 2.33. The maximum atomic E-state index is 12.8. The van der Waals surface area contributed by atoms with Crippen LogP contribution in [-0.2, 0) is 11.2 Å². The molecule has 0 aliphatic carbocycles. The summed E-state index contributed by atoms with van der Waals surface area (Å²) in [5.74, 6) is 0.892. The van der Waals surface area contributed by atoms with Gasteiger partial charge in [-0.05, 0) is 36.6 Å².